The van der Waals surface area contributed by atoms with Crippen molar-refractivity contribution in [3.8, 4) is 0 Å². The third-order valence-electron chi connectivity index (χ3n) is 4.36. The number of carbonyl (C=O) groups excluding carboxylic acids is 2. The average Bonchev–Trinajstić information content (AvgIpc) is 3.40. The standard InChI is InChI=1S/C17H23N3O2S/c1-23-15-5-3-2-4-14(15)18-16(21)12-19-8-10-20(11-9-19)17(22)13-6-7-13/h2-5,13H,6-12H2,1H3,(H,18,21). The van der Waals surface area contributed by atoms with Crippen molar-refractivity contribution in [3.63, 3.8) is 0 Å². The summed E-state index contributed by atoms with van der Waals surface area (Å²) in [6.07, 6.45) is 4.10. The number of nitrogens with one attached hydrogen (secondary N) is 1. The minimum Gasteiger partial charge on any atom is -0.340 e. The fourth-order valence-electron chi connectivity index (χ4n) is 2.86. The molecule has 2 fully saturated rings. The number of hydrogen-bond acceptors (Lipinski definition) is 4. The number of carbonyl (C=O) groups is 2. The highest BCUT2D eigenvalue weighted by Gasteiger charge is 2.34. The van der Waals surface area contributed by atoms with Crippen LogP contribution in [0.3, 0.4) is 0 Å². The molecule has 2 aliphatic rings. The van der Waals surface area contributed by atoms with Crippen LogP contribution in [0.4, 0.5) is 5.69 Å². The van der Waals surface area contributed by atoms with E-state index in [9.17, 15) is 9.59 Å². The maximum atomic E-state index is 12.2. The van der Waals surface area contributed by atoms with E-state index < -0.39 is 0 Å². The van der Waals surface area contributed by atoms with Crippen LogP contribution in [0.15, 0.2) is 29.2 Å². The van der Waals surface area contributed by atoms with Crippen LogP contribution in [-0.4, -0.2) is 60.6 Å². The van der Waals surface area contributed by atoms with E-state index in [-0.39, 0.29) is 11.8 Å². The Kier molecular flexibility index (Phi) is 5.23. The van der Waals surface area contributed by atoms with Gasteiger partial charge in [0.05, 0.1) is 12.2 Å². The van der Waals surface area contributed by atoms with E-state index in [1.165, 1.54) is 0 Å². The zero-order chi connectivity index (χ0) is 16.2. The van der Waals surface area contributed by atoms with Crippen LogP contribution < -0.4 is 5.32 Å². The molecule has 1 saturated carbocycles. The predicted octanol–water partition coefficient (Wildman–Crippen LogP) is 1.90. The van der Waals surface area contributed by atoms with E-state index in [0.717, 1.165) is 49.6 Å². The summed E-state index contributed by atoms with van der Waals surface area (Å²) < 4.78 is 0. The average molecular weight is 333 g/mol. The molecule has 0 bridgehead atoms. The first-order valence-electron chi connectivity index (χ1n) is 8.11. The molecule has 1 heterocycles. The van der Waals surface area contributed by atoms with Crippen LogP contribution in [0.5, 0.6) is 0 Å². The Morgan fingerprint density at radius 3 is 2.52 bits per heavy atom. The molecular formula is C17H23N3O2S. The summed E-state index contributed by atoms with van der Waals surface area (Å²) in [5.74, 6) is 0.601. The number of hydrogen-bond donors (Lipinski definition) is 1. The summed E-state index contributed by atoms with van der Waals surface area (Å²) in [6, 6.07) is 7.83. The number of thioether (sulfide) groups is 1. The normalized spacial score (nSPS) is 18.7. The quantitative estimate of drug-likeness (QED) is 0.836. The molecule has 124 valence electrons. The second-order valence-corrected chi connectivity index (χ2v) is 6.97. The van der Waals surface area contributed by atoms with E-state index in [1.807, 2.05) is 35.4 Å². The van der Waals surface area contributed by atoms with Crippen molar-refractivity contribution >= 4 is 29.3 Å². The third-order valence-corrected chi connectivity index (χ3v) is 5.15. The highest BCUT2D eigenvalue weighted by molar-refractivity contribution is 7.98. The summed E-state index contributed by atoms with van der Waals surface area (Å²) >= 11 is 1.62. The molecule has 0 unspecified atom stereocenters. The Hall–Kier alpha value is -1.53. The smallest absolute Gasteiger partial charge is 0.238 e. The molecule has 1 aromatic carbocycles. The van der Waals surface area contributed by atoms with Crippen LogP contribution in [-0.2, 0) is 9.59 Å². The molecule has 1 aromatic rings. The van der Waals surface area contributed by atoms with Crippen molar-refractivity contribution in [1.82, 2.24) is 9.80 Å². The second kappa shape index (κ2) is 7.36. The Morgan fingerprint density at radius 1 is 1.17 bits per heavy atom. The van der Waals surface area contributed by atoms with Crippen molar-refractivity contribution < 1.29 is 9.59 Å². The van der Waals surface area contributed by atoms with E-state index in [1.54, 1.807) is 11.8 Å². The van der Waals surface area contributed by atoms with E-state index in [2.05, 4.69) is 10.2 Å². The zero-order valence-corrected chi connectivity index (χ0v) is 14.3. The SMILES string of the molecule is CSc1ccccc1NC(=O)CN1CCN(C(=O)C2CC2)CC1. The zero-order valence-electron chi connectivity index (χ0n) is 13.5. The van der Waals surface area contributed by atoms with Crippen LogP contribution in [0.25, 0.3) is 0 Å². The van der Waals surface area contributed by atoms with Gasteiger partial charge in [-0.15, -0.1) is 11.8 Å². The highest BCUT2D eigenvalue weighted by Crippen LogP contribution is 2.31. The molecule has 3 rings (SSSR count). The summed E-state index contributed by atoms with van der Waals surface area (Å²) in [5, 5.41) is 2.99. The third kappa shape index (κ3) is 4.26. The second-order valence-electron chi connectivity index (χ2n) is 6.12. The maximum absolute atomic E-state index is 12.2. The number of nitrogens with zero attached hydrogens (tertiary/aromatic N) is 2. The fourth-order valence-corrected chi connectivity index (χ4v) is 3.41. The van der Waals surface area contributed by atoms with Gasteiger partial charge in [-0.1, -0.05) is 12.1 Å². The number of amides is 2. The van der Waals surface area contributed by atoms with Gasteiger partial charge in [0.1, 0.15) is 0 Å². The number of benzene rings is 1. The topological polar surface area (TPSA) is 52.7 Å². The molecule has 5 nitrogen and oxygen atoms in total. The van der Waals surface area contributed by atoms with E-state index in [4.69, 9.17) is 0 Å². The van der Waals surface area contributed by atoms with Gasteiger partial charge in [-0.2, -0.15) is 0 Å². The van der Waals surface area contributed by atoms with Gasteiger partial charge in [0.2, 0.25) is 11.8 Å². The first-order chi connectivity index (χ1) is 11.2. The summed E-state index contributed by atoms with van der Waals surface area (Å²) in [4.78, 5) is 29.4. The first-order valence-corrected chi connectivity index (χ1v) is 9.34. The fraction of sp³-hybridized carbons (Fsp3) is 0.529. The van der Waals surface area contributed by atoms with Gasteiger partial charge in [0.15, 0.2) is 0 Å². The van der Waals surface area contributed by atoms with Gasteiger partial charge < -0.3 is 10.2 Å². The molecule has 0 radical (unpaired) electrons. The molecule has 2 amide bonds. The van der Waals surface area contributed by atoms with Gasteiger partial charge in [0, 0.05) is 37.0 Å². The molecule has 6 heteroatoms. The Balaban J connectivity index is 1.46. The number of rotatable bonds is 5. The van der Waals surface area contributed by atoms with Crippen molar-refractivity contribution in [1.29, 1.82) is 0 Å². The predicted molar refractivity (Wildman–Crippen MR) is 92.6 cm³/mol. The molecule has 23 heavy (non-hydrogen) atoms. The molecule has 0 aromatic heterocycles. The molecule has 0 spiro atoms. The first kappa shape index (κ1) is 16.3. The minimum atomic E-state index is 0.00784. The van der Waals surface area contributed by atoms with Crippen LogP contribution in [0.2, 0.25) is 0 Å². The van der Waals surface area contributed by atoms with Crippen LogP contribution >= 0.6 is 11.8 Å². The highest BCUT2D eigenvalue weighted by atomic mass is 32.2. The van der Waals surface area contributed by atoms with Gasteiger partial charge in [-0.05, 0) is 31.2 Å². The number of piperazine rings is 1. The van der Waals surface area contributed by atoms with E-state index in [0.29, 0.717) is 12.5 Å². The van der Waals surface area contributed by atoms with Crippen molar-refractivity contribution in [2.24, 2.45) is 5.92 Å². The molecule has 1 aliphatic carbocycles. The summed E-state index contributed by atoms with van der Waals surface area (Å²) in [6.45, 7) is 3.41. The van der Waals surface area contributed by atoms with Crippen LogP contribution in [0, 0.1) is 5.92 Å². The minimum absolute atomic E-state index is 0.00784. The van der Waals surface area contributed by atoms with Crippen molar-refractivity contribution in [3.05, 3.63) is 24.3 Å². The Bertz CT molecular complexity index is 581. The lowest BCUT2D eigenvalue weighted by Crippen LogP contribution is -2.50. The largest absolute Gasteiger partial charge is 0.340 e. The summed E-state index contributed by atoms with van der Waals surface area (Å²) in [7, 11) is 0. The van der Waals surface area contributed by atoms with Gasteiger partial charge in [-0.3, -0.25) is 14.5 Å². The lowest BCUT2D eigenvalue weighted by molar-refractivity contribution is -0.134. The lowest BCUT2D eigenvalue weighted by Gasteiger charge is -2.34. The van der Waals surface area contributed by atoms with Gasteiger partial charge in [0.25, 0.3) is 0 Å². The molecular weight excluding hydrogens is 310 g/mol. The van der Waals surface area contributed by atoms with Crippen LogP contribution in [0.1, 0.15) is 12.8 Å². The van der Waals surface area contributed by atoms with Gasteiger partial charge >= 0.3 is 0 Å². The Morgan fingerprint density at radius 2 is 1.87 bits per heavy atom. The van der Waals surface area contributed by atoms with Crippen molar-refractivity contribution in [2.45, 2.75) is 17.7 Å². The van der Waals surface area contributed by atoms with Gasteiger partial charge in [-0.25, -0.2) is 0 Å². The number of para-hydroxylation sites is 1. The van der Waals surface area contributed by atoms with Crippen molar-refractivity contribution in [2.75, 3.05) is 44.3 Å². The monoisotopic (exact) mass is 333 g/mol. The lowest BCUT2D eigenvalue weighted by atomic mass is 10.2. The molecule has 0 atom stereocenters. The molecule has 1 aliphatic heterocycles. The van der Waals surface area contributed by atoms with E-state index >= 15 is 0 Å². The summed E-state index contributed by atoms with van der Waals surface area (Å²) in [5.41, 5.74) is 0.868. The number of anilines is 1. The molecule has 1 N–H and O–H groups in total. The molecule has 1 saturated heterocycles. The maximum Gasteiger partial charge on any atom is 0.238 e. The Labute approximate surface area is 141 Å².